The third-order valence-electron chi connectivity index (χ3n) is 4.60. The Hall–Kier alpha value is -1.51. The Morgan fingerprint density at radius 2 is 1.86 bits per heavy atom. The molecule has 1 fully saturated rings. The quantitative estimate of drug-likeness (QED) is 0.802. The molecule has 2 heterocycles. The van der Waals surface area contributed by atoms with Crippen molar-refractivity contribution < 1.29 is 4.74 Å². The van der Waals surface area contributed by atoms with Crippen LogP contribution in [0.4, 0.5) is 5.69 Å². The molecule has 0 amide bonds. The van der Waals surface area contributed by atoms with Gasteiger partial charge in [-0.25, -0.2) is 0 Å². The molecule has 0 radical (unpaired) electrons. The van der Waals surface area contributed by atoms with Crippen LogP contribution in [0.2, 0.25) is 5.02 Å². The van der Waals surface area contributed by atoms with Crippen molar-refractivity contribution in [2.45, 2.75) is 25.0 Å². The number of benzene rings is 2. The second-order valence-corrected chi connectivity index (χ2v) is 6.29. The zero-order chi connectivity index (χ0) is 14.2. The van der Waals surface area contributed by atoms with Crippen molar-refractivity contribution in [2.24, 2.45) is 5.92 Å². The normalized spacial score (nSPS) is 27.4. The van der Waals surface area contributed by atoms with E-state index in [0.29, 0.717) is 12.0 Å². The van der Waals surface area contributed by atoms with Crippen molar-refractivity contribution in [3.05, 3.63) is 64.7 Å². The molecule has 0 spiro atoms. The predicted octanol–water partition coefficient (Wildman–Crippen LogP) is 4.97. The number of rotatable bonds is 1. The van der Waals surface area contributed by atoms with Gasteiger partial charge < -0.3 is 10.1 Å². The maximum atomic E-state index is 6.12. The van der Waals surface area contributed by atoms with Crippen LogP contribution in [0.1, 0.15) is 36.1 Å². The average molecular weight is 300 g/mol. The third-order valence-corrected chi connectivity index (χ3v) is 4.86. The molecule has 1 N–H and O–H groups in total. The van der Waals surface area contributed by atoms with Crippen molar-refractivity contribution >= 4 is 17.3 Å². The number of halogens is 1. The summed E-state index contributed by atoms with van der Waals surface area (Å²) >= 11 is 6.02. The zero-order valence-electron chi connectivity index (χ0n) is 11.8. The topological polar surface area (TPSA) is 21.3 Å². The Labute approximate surface area is 130 Å². The van der Waals surface area contributed by atoms with Crippen LogP contribution < -0.4 is 5.32 Å². The molecule has 2 aromatic rings. The van der Waals surface area contributed by atoms with E-state index in [4.69, 9.17) is 16.3 Å². The van der Waals surface area contributed by atoms with Gasteiger partial charge in [0.2, 0.25) is 0 Å². The summed E-state index contributed by atoms with van der Waals surface area (Å²) in [4.78, 5) is 0. The summed E-state index contributed by atoms with van der Waals surface area (Å²) in [6.07, 6.45) is 2.53. The summed E-state index contributed by atoms with van der Waals surface area (Å²) in [7, 11) is 0. The van der Waals surface area contributed by atoms with E-state index in [1.54, 1.807) is 0 Å². The highest BCUT2D eigenvalue weighted by Gasteiger charge is 2.39. The highest BCUT2D eigenvalue weighted by molar-refractivity contribution is 6.30. The number of anilines is 1. The lowest BCUT2D eigenvalue weighted by atomic mass is 9.77. The zero-order valence-corrected chi connectivity index (χ0v) is 12.5. The number of fused-ring (bicyclic) bond motifs is 3. The molecule has 0 aliphatic carbocycles. The first-order valence-corrected chi connectivity index (χ1v) is 7.93. The third kappa shape index (κ3) is 2.33. The van der Waals surface area contributed by atoms with Crippen LogP contribution in [0, 0.1) is 5.92 Å². The summed E-state index contributed by atoms with van der Waals surface area (Å²) in [5, 5.41) is 4.49. The van der Waals surface area contributed by atoms with E-state index in [0.717, 1.165) is 18.1 Å². The molecular formula is C18H18ClNO. The number of ether oxygens (including phenoxy) is 1. The monoisotopic (exact) mass is 299 g/mol. The van der Waals surface area contributed by atoms with Crippen LogP contribution in [0.15, 0.2) is 48.5 Å². The summed E-state index contributed by atoms with van der Waals surface area (Å²) in [5.41, 5.74) is 3.78. The number of hydrogen-bond acceptors (Lipinski definition) is 2. The minimum atomic E-state index is 0.205. The molecule has 108 valence electrons. The van der Waals surface area contributed by atoms with Gasteiger partial charge in [-0.2, -0.15) is 0 Å². The molecule has 0 saturated carbocycles. The highest BCUT2D eigenvalue weighted by atomic mass is 35.5. The Bertz CT molecular complexity index is 640. The van der Waals surface area contributed by atoms with E-state index in [-0.39, 0.29) is 6.10 Å². The lowest BCUT2D eigenvalue weighted by molar-refractivity contribution is -0.0381. The Morgan fingerprint density at radius 3 is 2.71 bits per heavy atom. The minimum absolute atomic E-state index is 0.205. The molecule has 0 bridgehead atoms. The first-order chi connectivity index (χ1) is 10.3. The maximum absolute atomic E-state index is 6.12. The Balaban J connectivity index is 1.76. The average Bonchev–Trinajstić information content (AvgIpc) is 2.55. The highest BCUT2D eigenvalue weighted by Crippen LogP contribution is 2.48. The van der Waals surface area contributed by atoms with E-state index in [2.05, 4.69) is 41.7 Å². The van der Waals surface area contributed by atoms with Gasteiger partial charge in [-0.05, 0) is 36.6 Å². The summed E-state index contributed by atoms with van der Waals surface area (Å²) in [5.74, 6) is 0.481. The number of hydrogen-bond donors (Lipinski definition) is 1. The Kier molecular flexibility index (Phi) is 3.36. The first-order valence-electron chi connectivity index (χ1n) is 7.55. The van der Waals surface area contributed by atoms with Crippen molar-refractivity contribution in [3.8, 4) is 0 Å². The molecule has 3 atom stereocenters. The molecule has 2 aliphatic rings. The van der Waals surface area contributed by atoms with Crippen LogP contribution in [-0.4, -0.2) is 6.61 Å². The summed E-state index contributed by atoms with van der Waals surface area (Å²) in [6, 6.07) is 17.0. The standard InChI is InChI=1S/C18H18ClNO/c19-13-9-7-12(8-10-13)17-15-5-3-11-21-18(15)14-4-1-2-6-16(14)20-17/h1-2,4,6-10,15,17-18,20H,3,5,11H2/t15-,17+,18+/m0/s1. The van der Waals surface area contributed by atoms with Crippen molar-refractivity contribution in [1.82, 2.24) is 0 Å². The second kappa shape index (κ2) is 5.36. The van der Waals surface area contributed by atoms with Gasteiger partial charge >= 0.3 is 0 Å². The lowest BCUT2D eigenvalue weighted by Crippen LogP contribution is -2.35. The molecule has 0 aromatic heterocycles. The lowest BCUT2D eigenvalue weighted by Gasteiger charge is -2.43. The van der Waals surface area contributed by atoms with Crippen LogP contribution in [-0.2, 0) is 4.74 Å². The largest absolute Gasteiger partial charge is 0.378 e. The SMILES string of the molecule is Clc1ccc([C@H]2Nc3ccccc3[C@H]3OCCC[C@@H]23)cc1. The van der Waals surface area contributed by atoms with Crippen molar-refractivity contribution in [2.75, 3.05) is 11.9 Å². The predicted molar refractivity (Wildman–Crippen MR) is 85.7 cm³/mol. The number of nitrogens with one attached hydrogen (secondary N) is 1. The molecule has 2 aliphatic heterocycles. The van der Waals surface area contributed by atoms with E-state index >= 15 is 0 Å². The molecule has 3 heteroatoms. The van der Waals surface area contributed by atoms with Crippen molar-refractivity contribution in [1.29, 1.82) is 0 Å². The van der Waals surface area contributed by atoms with Gasteiger partial charge in [0.25, 0.3) is 0 Å². The molecule has 0 unspecified atom stereocenters. The van der Waals surface area contributed by atoms with Crippen LogP contribution in [0.25, 0.3) is 0 Å². The molecule has 21 heavy (non-hydrogen) atoms. The van der Waals surface area contributed by atoms with Crippen LogP contribution in [0.5, 0.6) is 0 Å². The molecule has 1 saturated heterocycles. The fourth-order valence-electron chi connectivity index (χ4n) is 3.62. The van der Waals surface area contributed by atoms with Crippen LogP contribution in [0.3, 0.4) is 0 Å². The first kappa shape index (κ1) is 13.2. The Morgan fingerprint density at radius 1 is 1.05 bits per heavy atom. The van der Waals surface area contributed by atoms with Gasteiger partial charge in [0.05, 0.1) is 12.1 Å². The van der Waals surface area contributed by atoms with E-state index in [1.807, 2.05) is 12.1 Å². The smallest absolute Gasteiger partial charge is 0.0895 e. The van der Waals surface area contributed by atoms with Gasteiger partial charge in [-0.1, -0.05) is 41.9 Å². The minimum Gasteiger partial charge on any atom is -0.378 e. The molecule has 4 rings (SSSR count). The fraction of sp³-hybridized carbons (Fsp3) is 0.333. The molecule has 2 nitrogen and oxygen atoms in total. The molecule has 2 aromatic carbocycles. The van der Waals surface area contributed by atoms with Gasteiger partial charge in [-0.15, -0.1) is 0 Å². The second-order valence-electron chi connectivity index (χ2n) is 5.86. The van der Waals surface area contributed by atoms with Gasteiger partial charge in [0.1, 0.15) is 0 Å². The fourth-order valence-corrected chi connectivity index (χ4v) is 3.74. The number of para-hydroxylation sites is 1. The van der Waals surface area contributed by atoms with Crippen molar-refractivity contribution in [3.63, 3.8) is 0 Å². The van der Waals surface area contributed by atoms with E-state index in [9.17, 15) is 0 Å². The van der Waals surface area contributed by atoms with Gasteiger partial charge in [-0.3, -0.25) is 0 Å². The van der Waals surface area contributed by atoms with Gasteiger partial charge in [0.15, 0.2) is 0 Å². The molecular weight excluding hydrogens is 282 g/mol. The summed E-state index contributed by atoms with van der Waals surface area (Å²) < 4.78 is 6.12. The van der Waals surface area contributed by atoms with E-state index < -0.39 is 0 Å². The maximum Gasteiger partial charge on any atom is 0.0895 e. The van der Waals surface area contributed by atoms with E-state index in [1.165, 1.54) is 23.2 Å². The summed E-state index contributed by atoms with van der Waals surface area (Å²) in [6.45, 7) is 0.864. The van der Waals surface area contributed by atoms with Crippen LogP contribution >= 0.6 is 11.6 Å². The van der Waals surface area contributed by atoms with Gasteiger partial charge in [0, 0.05) is 28.8 Å².